The summed E-state index contributed by atoms with van der Waals surface area (Å²) < 4.78 is 5.52. The number of unbranched alkanes of at least 4 members (excludes halogenated alkanes) is 2. The third-order valence-corrected chi connectivity index (χ3v) is 2.33. The molecule has 0 fully saturated rings. The smallest absolute Gasteiger partial charge is 0.303 e. The van der Waals surface area contributed by atoms with Crippen LogP contribution in [0.25, 0.3) is 0 Å². The predicted molar refractivity (Wildman–Crippen MR) is 57.9 cm³/mol. The van der Waals surface area contributed by atoms with Crippen molar-refractivity contribution in [3.63, 3.8) is 0 Å². The fourth-order valence-electron chi connectivity index (χ4n) is 1.47. The minimum Gasteiger partial charge on any atom is -0.481 e. The van der Waals surface area contributed by atoms with E-state index in [4.69, 9.17) is 9.52 Å². The molecule has 0 aliphatic carbocycles. The number of rotatable bonds is 7. The predicted octanol–water partition coefficient (Wildman–Crippen LogP) is 3.03. The summed E-state index contributed by atoms with van der Waals surface area (Å²) in [6.07, 6.45) is 5.14. The van der Waals surface area contributed by atoms with E-state index in [0.29, 0.717) is 6.42 Å². The molecular weight excluding hydrogens is 192 g/mol. The van der Waals surface area contributed by atoms with Crippen LogP contribution in [0.15, 0.2) is 16.5 Å². The number of carboxylic acids is 1. The number of hydrogen-bond acceptors (Lipinski definition) is 2. The average molecular weight is 210 g/mol. The van der Waals surface area contributed by atoms with E-state index in [1.165, 1.54) is 12.8 Å². The lowest BCUT2D eigenvalue weighted by Gasteiger charge is -1.96. The van der Waals surface area contributed by atoms with Gasteiger partial charge < -0.3 is 9.52 Å². The molecule has 3 heteroatoms. The molecule has 0 unspecified atom stereocenters. The standard InChI is InChI=1S/C12H18O3/c1-2-3-4-5-10-6-7-11(15-10)8-9-12(13)14/h6-7H,2-5,8-9H2,1H3,(H,13,14). The molecule has 0 spiro atoms. The van der Waals surface area contributed by atoms with Crippen molar-refractivity contribution in [2.24, 2.45) is 0 Å². The number of carbonyl (C=O) groups is 1. The van der Waals surface area contributed by atoms with E-state index < -0.39 is 5.97 Å². The lowest BCUT2D eigenvalue weighted by atomic mass is 10.2. The lowest BCUT2D eigenvalue weighted by molar-refractivity contribution is -0.137. The van der Waals surface area contributed by atoms with Crippen molar-refractivity contribution in [3.05, 3.63) is 23.7 Å². The highest BCUT2D eigenvalue weighted by molar-refractivity contribution is 5.66. The van der Waals surface area contributed by atoms with Gasteiger partial charge in [-0.2, -0.15) is 0 Å². The van der Waals surface area contributed by atoms with Gasteiger partial charge in [0.05, 0.1) is 6.42 Å². The first-order valence-electron chi connectivity index (χ1n) is 5.51. The Morgan fingerprint density at radius 2 is 1.93 bits per heavy atom. The maximum atomic E-state index is 10.3. The van der Waals surface area contributed by atoms with Crippen molar-refractivity contribution in [1.29, 1.82) is 0 Å². The molecule has 1 heterocycles. The Morgan fingerprint density at radius 1 is 1.27 bits per heavy atom. The first-order chi connectivity index (χ1) is 7.22. The fraction of sp³-hybridized carbons (Fsp3) is 0.583. The van der Waals surface area contributed by atoms with Gasteiger partial charge >= 0.3 is 5.97 Å². The maximum Gasteiger partial charge on any atom is 0.303 e. The fourth-order valence-corrected chi connectivity index (χ4v) is 1.47. The first kappa shape index (κ1) is 11.8. The summed E-state index contributed by atoms with van der Waals surface area (Å²) in [5.74, 6) is 0.978. The van der Waals surface area contributed by atoms with Crippen LogP contribution in [-0.4, -0.2) is 11.1 Å². The molecule has 0 bridgehead atoms. The van der Waals surface area contributed by atoms with Gasteiger partial charge in [0, 0.05) is 12.8 Å². The van der Waals surface area contributed by atoms with Gasteiger partial charge in [0.25, 0.3) is 0 Å². The SMILES string of the molecule is CCCCCc1ccc(CCC(=O)O)o1. The van der Waals surface area contributed by atoms with Gasteiger partial charge in [-0.25, -0.2) is 0 Å². The number of aliphatic carboxylic acids is 1. The van der Waals surface area contributed by atoms with E-state index in [1.807, 2.05) is 12.1 Å². The molecule has 0 amide bonds. The molecule has 1 aromatic heterocycles. The van der Waals surface area contributed by atoms with Gasteiger partial charge in [0.15, 0.2) is 0 Å². The lowest BCUT2D eigenvalue weighted by Crippen LogP contribution is -1.96. The van der Waals surface area contributed by atoms with E-state index in [2.05, 4.69) is 6.92 Å². The van der Waals surface area contributed by atoms with Crippen molar-refractivity contribution >= 4 is 5.97 Å². The minimum atomic E-state index is -0.779. The topological polar surface area (TPSA) is 50.4 Å². The Labute approximate surface area is 90.1 Å². The Balaban J connectivity index is 2.32. The molecule has 0 radical (unpaired) electrons. The Kier molecular flexibility index (Phi) is 4.95. The van der Waals surface area contributed by atoms with Gasteiger partial charge in [-0.1, -0.05) is 19.8 Å². The van der Waals surface area contributed by atoms with Crippen LogP contribution in [-0.2, 0) is 17.6 Å². The zero-order valence-electron chi connectivity index (χ0n) is 9.16. The molecule has 1 N–H and O–H groups in total. The van der Waals surface area contributed by atoms with Crippen molar-refractivity contribution in [1.82, 2.24) is 0 Å². The molecule has 3 nitrogen and oxygen atoms in total. The highest BCUT2D eigenvalue weighted by atomic mass is 16.4. The van der Waals surface area contributed by atoms with Crippen LogP contribution in [0.2, 0.25) is 0 Å². The van der Waals surface area contributed by atoms with Crippen molar-refractivity contribution in [2.45, 2.75) is 45.4 Å². The van der Waals surface area contributed by atoms with Gasteiger partial charge in [0.1, 0.15) is 11.5 Å². The molecule has 1 aromatic rings. The van der Waals surface area contributed by atoms with Crippen LogP contribution in [0.3, 0.4) is 0 Å². The second-order valence-electron chi connectivity index (χ2n) is 3.72. The van der Waals surface area contributed by atoms with Crippen molar-refractivity contribution in [2.75, 3.05) is 0 Å². The van der Waals surface area contributed by atoms with Crippen LogP contribution in [0.1, 0.15) is 44.1 Å². The van der Waals surface area contributed by atoms with Crippen molar-refractivity contribution < 1.29 is 14.3 Å². The van der Waals surface area contributed by atoms with Crippen LogP contribution in [0.4, 0.5) is 0 Å². The molecule has 0 atom stereocenters. The molecule has 0 aliphatic rings. The van der Waals surface area contributed by atoms with E-state index >= 15 is 0 Å². The first-order valence-corrected chi connectivity index (χ1v) is 5.51. The summed E-state index contributed by atoms with van der Waals surface area (Å²) in [6.45, 7) is 2.17. The Bertz CT molecular complexity index is 302. The largest absolute Gasteiger partial charge is 0.481 e. The van der Waals surface area contributed by atoms with Gasteiger partial charge in [-0.15, -0.1) is 0 Å². The van der Waals surface area contributed by atoms with Crippen LogP contribution < -0.4 is 0 Å². The second-order valence-corrected chi connectivity index (χ2v) is 3.72. The molecule has 0 saturated carbocycles. The number of aryl methyl sites for hydroxylation is 2. The van der Waals surface area contributed by atoms with E-state index in [0.717, 1.165) is 24.4 Å². The van der Waals surface area contributed by atoms with E-state index in [1.54, 1.807) is 0 Å². The second kappa shape index (κ2) is 6.27. The zero-order chi connectivity index (χ0) is 11.1. The molecular formula is C12H18O3. The number of hydrogen-bond donors (Lipinski definition) is 1. The van der Waals surface area contributed by atoms with Crippen LogP contribution >= 0.6 is 0 Å². The van der Waals surface area contributed by atoms with Crippen LogP contribution in [0, 0.1) is 0 Å². The molecule has 0 aliphatic heterocycles. The number of furan rings is 1. The zero-order valence-corrected chi connectivity index (χ0v) is 9.16. The highest BCUT2D eigenvalue weighted by Crippen LogP contribution is 2.13. The molecule has 15 heavy (non-hydrogen) atoms. The average Bonchev–Trinajstić information content (AvgIpc) is 2.63. The third-order valence-electron chi connectivity index (χ3n) is 2.33. The molecule has 84 valence electrons. The summed E-state index contributed by atoms with van der Waals surface area (Å²) >= 11 is 0. The third kappa shape index (κ3) is 4.68. The summed E-state index contributed by atoms with van der Waals surface area (Å²) in [5, 5.41) is 8.51. The summed E-state index contributed by atoms with van der Waals surface area (Å²) in [7, 11) is 0. The van der Waals surface area contributed by atoms with E-state index in [-0.39, 0.29) is 6.42 Å². The summed E-state index contributed by atoms with van der Waals surface area (Å²) in [6, 6.07) is 3.83. The van der Waals surface area contributed by atoms with Gasteiger partial charge in [-0.3, -0.25) is 4.79 Å². The normalized spacial score (nSPS) is 10.5. The Morgan fingerprint density at radius 3 is 2.53 bits per heavy atom. The minimum absolute atomic E-state index is 0.141. The van der Waals surface area contributed by atoms with Crippen LogP contribution in [0.5, 0.6) is 0 Å². The highest BCUT2D eigenvalue weighted by Gasteiger charge is 2.04. The molecule has 1 rings (SSSR count). The van der Waals surface area contributed by atoms with E-state index in [9.17, 15) is 4.79 Å². The van der Waals surface area contributed by atoms with Gasteiger partial charge in [0.2, 0.25) is 0 Å². The maximum absolute atomic E-state index is 10.3. The van der Waals surface area contributed by atoms with Crippen molar-refractivity contribution in [3.8, 4) is 0 Å². The summed E-state index contributed by atoms with van der Waals surface area (Å²) in [4.78, 5) is 10.3. The summed E-state index contributed by atoms with van der Waals surface area (Å²) in [5.41, 5.74) is 0. The molecule has 0 aromatic carbocycles. The Hall–Kier alpha value is -1.25. The molecule has 0 saturated heterocycles. The number of carboxylic acid groups (broad SMARTS) is 1. The van der Waals surface area contributed by atoms with Gasteiger partial charge in [-0.05, 0) is 18.6 Å². The quantitative estimate of drug-likeness (QED) is 0.704. The monoisotopic (exact) mass is 210 g/mol.